The third-order valence-corrected chi connectivity index (χ3v) is 2.20. The summed E-state index contributed by atoms with van der Waals surface area (Å²) in [6.45, 7) is 0. The summed E-state index contributed by atoms with van der Waals surface area (Å²) in [5, 5.41) is 0. The van der Waals surface area contributed by atoms with Gasteiger partial charge >= 0.3 is 5.97 Å². The SMILES string of the molecule is CN(C)C=C1C(=O)C(=O)Oc2ccccc21. The quantitative estimate of drug-likeness (QED) is 0.305. The molecule has 1 aromatic carbocycles. The molecule has 1 heterocycles. The second kappa shape index (κ2) is 3.81. The van der Waals surface area contributed by atoms with Crippen molar-refractivity contribution in [2.75, 3.05) is 14.1 Å². The summed E-state index contributed by atoms with van der Waals surface area (Å²) in [4.78, 5) is 24.7. The van der Waals surface area contributed by atoms with Crippen LogP contribution in [-0.4, -0.2) is 30.7 Å². The molecule has 4 nitrogen and oxygen atoms in total. The monoisotopic (exact) mass is 217 g/mol. The minimum absolute atomic E-state index is 0.372. The van der Waals surface area contributed by atoms with E-state index in [0.29, 0.717) is 16.9 Å². The van der Waals surface area contributed by atoms with E-state index in [9.17, 15) is 9.59 Å². The van der Waals surface area contributed by atoms with E-state index >= 15 is 0 Å². The van der Waals surface area contributed by atoms with Crippen molar-refractivity contribution in [2.45, 2.75) is 0 Å². The average molecular weight is 217 g/mol. The van der Waals surface area contributed by atoms with Gasteiger partial charge in [0, 0.05) is 25.9 Å². The Balaban J connectivity index is 2.59. The number of Topliss-reactive ketones (excluding diaryl/α,β-unsaturated/α-hetero) is 1. The highest BCUT2D eigenvalue weighted by atomic mass is 16.5. The van der Waals surface area contributed by atoms with E-state index in [-0.39, 0.29) is 0 Å². The molecule has 0 unspecified atom stereocenters. The minimum Gasteiger partial charge on any atom is -0.420 e. The second-order valence-corrected chi connectivity index (χ2v) is 3.72. The molecular weight excluding hydrogens is 206 g/mol. The lowest BCUT2D eigenvalue weighted by atomic mass is 9.99. The number of nitrogens with zero attached hydrogens (tertiary/aromatic N) is 1. The van der Waals surface area contributed by atoms with Gasteiger partial charge in [0.25, 0.3) is 5.78 Å². The van der Waals surface area contributed by atoms with Gasteiger partial charge in [-0.15, -0.1) is 0 Å². The molecule has 0 aliphatic carbocycles. The van der Waals surface area contributed by atoms with Crippen LogP contribution in [0.4, 0.5) is 0 Å². The smallest absolute Gasteiger partial charge is 0.385 e. The topological polar surface area (TPSA) is 46.6 Å². The first-order valence-electron chi connectivity index (χ1n) is 4.84. The van der Waals surface area contributed by atoms with Gasteiger partial charge in [-0.05, 0) is 6.07 Å². The summed E-state index contributed by atoms with van der Waals surface area (Å²) in [6, 6.07) is 6.99. The Kier molecular flexibility index (Phi) is 2.48. The molecule has 0 bridgehead atoms. The number of para-hydroxylation sites is 1. The van der Waals surface area contributed by atoms with Gasteiger partial charge in [-0.1, -0.05) is 18.2 Å². The van der Waals surface area contributed by atoms with E-state index in [2.05, 4.69) is 0 Å². The Morgan fingerprint density at radius 3 is 2.56 bits per heavy atom. The van der Waals surface area contributed by atoms with E-state index in [1.165, 1.54) is 0 Å². The van der Waals surface area contributed by atoms with E-state index in [4.69, 9.17) is 4.74 Å². The number of benzene rings is 1. The molecule has 0 aromatic heterocycles. The molecule has 0 amide bonds. The van der Waals surface area contributed by atoms with Gasteiger partial charge in [-0.2, -0.15) is 0 Å². The molecule has 4 heteroatoms. The molecule has 16 heavy (non-hydrogen) atoms. The molecule has 0 atom stereocenters. The first kappa shape index (κ1) is 10.4. The Morgan fingerprint density at radius 1 is 1.19 bits per heavy atom. The molecule has 0 N–H and O–H groups in total. The van der Waals surface area contributed by atoms with Gasteiger partial charge in [0.2, 0.25) is 0 Å². The molecule has 2 rings (SSSR count). The summed E-state index contributed by atoms with van der Waals surface area (Å²) in [6.07, 6.45) is 1.63. The molecular formula is C12H11NO3. The Hall–Kier alpha value is -2.10. The Labute approximate surface area is 93.1 Å². The predicted molar refractivity (Wildman–Crippen MR) is 58.7 cm³/mol. The van der Waals surface area contributed by atoms with E-state index in [1.807, 2.05) is 0 Å². The van der Waals surface area contributed by atoms with Crippen LogP contribution in [0.1, 0.15) is 5.56 Å². The van der Waals surface area contributed by atoms with Crippen molar-refractivity contribution in [2.24, 2.45) is 0 Å². The lowest BCUT2D eigenvalue weighted by Crippen LogP contribution is -2.27. The molecule has 0 radical (unpaired) electrons. The van der Waals surface area contributed by atoms with Crippen molar-refractivity contribution in [3.05, 3.63) is 36.0 Å². The van der Waals surface area contributed by atoms with Gasteiger partial charge in [0.05, 0.1) is 5.57 Å². The number of ether oxygens (including phenoxy) is 1. The van der Waals surface area contributed by atoms with Crippen LogP contribution in [-0.2, 0) is 9.59 Å². The van der Waals surface area contributed by atoms with Crippen molar-refractivity contribution < 1.29 is 14.3 Å². The zero-order valence-corrected chi connectivity index (χ0v) is 9.06. The molecule has 0 fully saturated rings. The largest absolute Gasteiger partial charge is 0.420 e. The van der Waals surface area contributed by atoms with Crippen molar-refractivity contribution >= 4 is 17.3 Å². The first-order valence-corrected chi connectivity index (χ1v) is 4.84. The van der Waals surface area contributed by atoms with Gasteiger partial charge in [0.1, 0.15) is 5.75 Å². The third-order valence-electron chi connectivity index (χ3n) is 2.20. The van der Waals surface area contributed by atoms with Crippen molar-refractivity contribution in [3.63, 3.8) is 0 Å². The van der Waals surface area contributed by atoms with Crippen LogP contribution in [0.3, 0.4) is 0 Å². The van der Waals surface area contributed by atoms with Gasteiger partial charge < -0.3 is 9.64 Å². The number of carbonyl (C=O) groups excluding carboxylic acids is 2. The lowest BCUT2D eigenvalue weighted by Gasteiger charge is -2.18. The van der Waals surface area contributed by atoms with E-state index in [1.54, 1.807) is 49.5 Å². The number of esters is 1. The summed E-state index contributed by atoms with van der Waals surface area (Å²) < 4.78 is 4.91. The Bertz CT molecular complexity index is 489. The maximum absolute atomic E-state index is 11.7. The molecule has 1 aliphatic rings. The number of ketones is 1. The van der Waals surface area contributed by atoms with E-state index in [0.717, 1.165) is 0 Å². The van der Waals surface area contributed by atoms with Gasteiger partial charge in [0.15, 0.2) is 0 Å². The maximum atomic E-state index is 11.7. The fraction of sp³-hybridized carbons (Fsp3) is 0.167. The standard InChI is InChI=1S/C12H11NO3/c1-13(2)7-9-8-5-3-4-6-10(8)16-12(15)11(9)14/h3-7H,1-2H3. The van der Waals surface area contributed by atoms with Crippen LogP contribution >= 0.6 is 0 Å². The minimum atomic E-state index is -0.827. The molecule has 1 aromatic rings. The van der Waals surface area contributed by atoms with Crippen LogP contribution in [0, 0.1) is 0 Å². The van der Waals surface area contributed by atoms with Crippen LogP contribution in [0.2, 0.25) is 0 Å². The van der Waals surface area contributed by atoms with Crippen LogP contribution in [0.15, 0.2) is 30.5 Å². The van der Waals surface area contributed by atoms with Crippen LogP contribution in [0.25, 0.3) is 5.57 Å². The molecule has 0 saturated carbocycles. The first-order chi connectivity index (χ1) is 7.59. The van der Waals surface area contributed by atoms with Crippen molar-refractivity contribution in [1.29, 1.82) is 0 Å². The lowest BCUT2D eigenvalue weighted by molar-refractivity contribution is -0.144. The molecule has 0 spiro atoms. The maximum Gasteiger partial charge on any atom is 0.385 e. The fourth-order valence-electron chi connectivity index (χ4n) is 1.54. The summed E-state index contributed by atoms with van der Waals surface area (Å²) in [5.41, 5.74) is 1.03. The number of hydrogen-bond acceptors (Lipinski definition) is 4. The number of rotatable bonds is 1. The van der Waals surface area contributed by atoms with Crippen molar-refractivity contribution in [1.82, 2.24) is 4.90 Å². The average Bonchev–Trinajstić information content (AvgIpc) is 2.24. The molecule has 1 aliphatic heterocycles. The number of carbonyl (C=O) groups is 2. The Morgan fingerprint density at radius 2 is 1.88 bits per heavy atom. The summed E-state index contributed by atoms with van der Waals surface area (Å²) >= 11 is 0. The summed E-state index contributed by atoms with van der Waals surface area (Å²) in [5.74, 6) is -1.00. The molecule has 82 valence electrons. The zero-order chi connectivity index (χ0) is 11.7. The summed E-state index contributed by atoms with van der Waals surface area (Å²) in [7, 11) is 3.59. The van der Waals surface area contributed by atoms with Gasteiger partial charge in [-0.3, -0.25) is 4.79 Å². The highest BCUT2D eigenvalue weighted by Crippen LogP contribution is 2.31. The number of hydrogen-bond donors (Lipinski definition) is 0. The molecule has 0 saturated heterocycles. The van der Waals surface area contributed by atoms with Crippen molar-refractivity contribution in [3.8, 4) is 5.75 Å². The fourth-order valence-corrected chi connectivity index (χ4v) is 1.54. The second-order valence-electron chi connectivity index (χ2n) is 3.72. The van der Waals surface area contributed by atoms with Crippen LogP contribution < -0.4 is 4.74 Å². The highest BCUT2D eigenvalue weighted by molar-refractivity contribution is 6.53. The highest BCUT2D eigenvalue weighted by Gasteiger charge is 2.30. The zero-order valence-electron chi connectivity index (χ0n) is 9.06. The van der Waals surface area contributed by atoms with E-state index < -0.39 is 11.8 Å². The van der Waals surface area contributed by atoms with Gasteiger partial charge in [-0.25, -0.2) is 4.79 Å². The number of fused-ring (bicyclic) bond motifs is 1. The third kappa shape index (κ3) is 1.69. The predicted octanol–water partition coefficient (Wildman–Crippen LogP) is 1.08. The van der Waals surface area contributed by atoms with Crippen LogP contribution in [0.5, 0.6) is 5.75 Å². The normalized spacial score (nSPS) is 17.0.